The average Bonchev–Trinajstić information content (AvgIpc) is 2.99. The van der Waals surface area contributed by atoms with E-state index in [4.69, 9.17) is 11.6 Å². The van der Waals surface area contributed by atoms with E-state index in [1.165, 1.54) is 11.3 Å². The molecule has 0 unspecified atom stereocenters. The highest BCUT2D eigenvalue weighted by atomic mass is 127. The van der Waals surface area contributed by atoms with Crippen molar-refractivity contribution in [3.63, 3.8) is 0 Å². The number of thiophene rings is 1. The van der Waals surface area contributed by atoms with Gasteiger partial charge in [0.2, 0.25) is 0 Å². The predicted molar refractivity (Wildman–Crippen MR) is 109 cm³/mol. The van der Waals surface area contributed by atoms with E-state index in [9.17, 15) is 14.7 Å². The molecule has 1 heterocycles. The number of hydrogen-bond donors (Lipinski definition) is 2. The van der Waals surface area contributed by atoms with Crippen LogP contribution in [0.1, 0.15) is 20.7 Å². The van der Waals surface area contributed by atoms with E-state index in [0.717, 1.165) is 3.57 Å². The molecule has 0 saturated heterocycles. The van der Waals surface area contributed by atoms with Gasteiger partial charge in [-0.1, -0.05) is 23.7 Å². The molecule has 0 radical (unpaired) electrons. The van der Waals surface area contributed by atoms with E-state index in [0.29, 0.717) is 26.7 Å². The minimum atomic E-state index is -1.10. The Bertz CT molecular complexity index is 953. The summed E-state index contributed by atoms with van der Waals surface area (Å²) in [7, 11) is 0. The Balaban J connectivity index is 1.96. The van der Waals surface area contributed by atoms with Crippen molar-refractivity contribution in [2.75, 3.05) is 5.32 Å². The first-order valence-electron chi connectivity index (χ1n) is 7.13. The molecule has 126 valence electrons. The summed E-state index contributed by atoms with van der Waals surface area (Å²) in [5, 5.41) is 14.8. The maximum atomic E-state index is 12.4. The Morgan fingerprint density at radius 3 is 2.48 bits per heavy atom. The number of aromatic carboxylic acids is 1. The fourth-order valence-electron chi connectivity index (χ4n) is 2.31. The van der Waals surface area contributed by atoms with Crippen LogP contribution in [0.3, 0.4) is 0 Å². The molecule has 0 atom stereocenters. The van der Waals surface area contributed by atoms with E-state index in [1.54, 1.807) is 41.8 Å². The SMILES string of the molecule is O=C(Nc1scc(-c2cccc(Cl)c2)c1C(=O)O)c1ccc(I)cc1. The molecule has 1 amide bonds. The number of rotatable bonds is 4. The van der Waals surface area contributed by atoms with E-state index in [2.05, 4.69) is 27.9 Å². The third-order valence-electron chi connectivity index (χ3n) is 3.47. The largest absolute Gasteiger partial charge is 0.478 e. The van der Waals surface area contributed by atoms with E-state index in [1.807, 2.05) is 12.1 Å². The number of carbonyl (C=O) groups excluding carboxylic acids is 1. The Hall–Kier alpha value is -1.90. The standard InChI is InChI=1S/C18H11ClINO3S/c19-12-3-1-2-11(8-12)14-9-25-17(15(14)18(23)24)21-16(22)10-4-6-13(20)7-5-10/h1-9H,(H,21,22)(H,23,24). The Kier molecular flexibility index (Phi) is 5.41. The molecule has 3 rings (SSSR count). The van der Waals surface area contributed by atoms with Gasteiger partial charge in [0, 0.05) is 25.1 Å². The maximum Gasteiger partial charge on any atom is 0.339 e. The van der Waals surface area contributed by atoms with Crippen molar-refractivity contribution in [2.24, 2.45) is 0 Å². The molecule has 0 saturated carbocycles. The van der Waals surface area contributed by atoms with Crippen molar-refractivity contribution in [2.45, 2.75) is 0 Å². The first kappa shape index (κ1) is 17.9. The van der Waals surface area contributed by atoms with Crippen molar-refractivity contribution >= 4 is 62.4 Å². The van der Waals surface area contributed by atoms with Crippen LogP contribution < -0.4 is 5.32 Å². The lowest BCUT2D eigenvalue weighted by molar-refractivity contribution is 0.0699. The fraction of sp³-hybridized carbons (Fsp3) is 0. The summed E-state index contributed by atoms with van der Waals surface area (Å²) in [5.74, 6) is -1.45. The molecule has 0 aliphatic carbocycles. The van der Waals surface area contributed by atoms with Crippen molar-refractivity contribution < 1.29 is 14.7 Å². The average molecular weight is 484 g/mol. The quantitative estimate of drug-likeness (QED) is 0.473. The van der Waals surface area contributed by atoms with Crippen molar-refractivity contribution in [1.82, 2.24) is 0 Å². The van der Waals surface area contributed by atoms with Gasteiger partial charge in [-0.15, -0.1) is 11.3 Å². The van der Waals surface area contributed by atoms with Gasteiger partial charge in [0.25, 0.3) is 5.91 Å². The van der Waals surface area contributed by atoms with Gasteiger partial charge >= 0.3 is 5.97 Å². The van der Waals surface area contributed by atoms with Gasteiger partial charge < -0.3 is 10.4 Å². The summed E-state index contributed by atoms with van der Waals surface area (Å²) in [5.41, 5.74) is 1.74. The second kappa shape index (κ2) is 7.55. The van der Waals surface area contributed by atoms with Gasteiger partial charge in [0.05, 0.1) is 0 Å². The van der Waals surface area contributed by atoms with Crippen LogP contribution in [0.15, 0.2) is 53.9 Å². The summed E-state index contributed by atoms with van der Waals surface area (Å²) in [6.07, 6.45) is 0. The zero-order valence-corrected chi connectivity index (χ0v) is 16.4. The third-order valence-corrected chi connectivity index (χ3v) is 5.32. The Morgan fingerprint density at radius 1 is 1.12 bits per heavy atom. The summed E-state index contributed by atoms with van der Waals surface area (Å²) in [6, 6.07) is 14.0. The molecule has 25 heavy (non-hydrogen) atoms. The molecule has 3 aromatic rings. The zero-order chi connectivity index (χ0) is 18.0. The molecule has 7 heteroatoms. The highest BCUT2D eigenvalue weighted by Gasteiger charge is 2.21. The topological polar surface area (TPSA) is 66.4 Å². The van der Waals surface area contributed by atoms with Crippen LogP contribution in [0, 0.1) is 3.57 Å². The number of halogens is 2. The minimum Gasteiger partial charge on any atom is -0.478 e. The Morgan fingerprint density at radius 2 is 1.84 bits per heavy atom. The molecule has 0 bridgehead atoms. The second-order valence-electron chi connectivity index (χ2n) is 5.13. The number of carbonyl (C=O) groups is 2. The van der Waals surface area contributed by atoms with Gasteiger partial charge in [0.15, 0.2) is 0 Å². The van der Waals surface area contributed by atoms with Crippen LogP contribution >= 0.6 is 45.5 Å². The lowest BCUT2D eigenvalue weighted by atomic mass is 10.0. The molecule has 0 fully saturated rings. The lowest BCUT2D eigenvalue weighted by Gasteiger charge is -2.06. The van der Waals surface area contributed by atoms with Crippen LogP contribution in [0.2, 0.25) is 5.02 Å². The summed E-state index contributed by atoms with van der Waals surface area (Å²) in [6.45, 7) is 0. The molecule has 0 aliphatic heterocycles. The van der Waals surface area contributed by atoms with Crippen molar-refractivity contribution in [3.05, 3.63) is 73.6 Å². The van der Waals surface area contributed by atoms with E-state index >= 15 is 0 Å². The number of amides is 1. The predicted octanol–water partition coefficient (Wildman–Crippen LogP) is 5.62. The molecule has 2 N–H and O–H groups in total. The first-order valence-corrected chi connectivity index (χ1v) is 9.47. The van der Waals surface area contributed by atoms with Crippen molar-refractivity contribution in [1.29, 1.82) is 0 Å². The minimum absolute atomic E-state index is 0.0612. The molecule has 4 nitrogen and oxygen atoms in total. The highest BCUT2D eigenvalue weighted by Crippen LogP contribution is 2.36. The Labute approximate surface area is 166 Å². The molecule has 1 aromatic heterocycles. The summed E-state index contributed by atoms with van der Waals surface area (Å²) < 4.78 is 1.01. The van der Waals surface area contributed by atoms with Gasteiger partial charge in [0.1, 0.15) is 10.6 Å². The van der Waals surface area contributed by atoms with Crippen molar-refractivity contribution in [3.8, 4) is 11.1 Å². The summed E-state index contributed by atoms with van der Waals surface area (Å²) in [4.78, 5) is 24.1. The van der Waals surface area contributed by atoms with Crippen LogP contribution in [-0.2, 0) is 0 Å². The number of carboxylic acid groups (broad SMARTS) is 1. The monoisotopic (exact) mass is 483 g/mol. The molecule has 2 aromatic carbocycles. The fourth-order valence-corrected chi connectivity index (χ4v) is 3.81. The third kappa shape index (κ3) is 4.02. The number of nitrogens with one attached hydrogen (secondary N) is 1. The van der Waals surface area contributed by atoms with Gasteiger partial charge in [-0.2, -0.15) is 0 Å². The molecular formula is C18H11ClINO3S. The maximum absolute atomic E-state index is 12.4. The van der Waals surface area contributed by atoms with Gasteiger partial charge in [-0.3, -0.25) is 4.79 Å². The van der Waals surface area contributed by atoms with Crippen LogP contribution in [-0.4, -0.2) is 17.0 Å². The zero-order valence-electron chi connectivity index (χ0n) is 12.6. The van der Waals surface area contributed by atoms with E-state index < -0.39 is 5.97 Å². The normalized spacial score (nSPS) is 10.5. The summed E-state index contributed by atoms with van der Waals surface area (Å²) >= 11 is 9.32. The van der Waals surface area contributed by atoms with Gasteiger partial charge in [-0.05, 0) is 64.6 Å². The first-order chi connectivity index (χ1) is 12.0. The molecular weight excluding hydrogens is 473 g/mol. The van der Waals surface area contributed by atoms with Crippen LogP contribution in [0.4, 0.5) is 5.00 Å². The lowest BCUT2D eigenvalue weighted by Crippen LogP contribution is -2.13. The molecule has 0 spiro atoms. The van der Waals surface area contributed by atoms with Crippen LogP contribution in [0.25, 0.3) is 11.1 Å². The van der Waals surface area contributed by atoms with Gasteiger partial charge in [-0.25, -0.2) is 4.79 Å². The number of carboxylic acids is 1. The van der Waals surface area contributed by atoms with Crippen LogP contribution in [0.5, 0.6) is 0 Å². The highest BCUT2D eigenvalue weighted by molar-refractivity contribution is 14.1. The van der Waals surface area contributed by atoms with E-state index in [-0.39, 0.29) is 11.5 Å². The number of hydrogen-bond acceptors (Lipinski definition) is 3. The second-order valence-corrected chi connectivity index (χ2v) is 7.69. The number of benzene rings is 2. The number of anilines is 1. The molecule has 0 aliphatic rings. The smallest absolute Gasteiger partial charge is 0.339 e.